The molecule has 0 aliphatic heterocycles. The fourth-order valence-electron chi connectivity index (χ4n) is 0.916. The van der Waals surface area contributed by atoms with E-state index in [9.17, 15) is 0 Å². The van der Waals surface area contributed by atoms with Gasteiger partial charge in [-0.15, -0.1) is 0 Å². The molecular formula is C10H23NS. The van der Waals surface area contributed by atoms with Crippen molar-refractivity contribution < 1.29 is 0 Å². The van der Waals surface area contributed by atoms with Gasteiger partial charge in [-0.1, -0.05) is 27.7 Å². The molecule has 0 amide bonds. The molecule has 0 aliphatic rings. The van der Waals surface area contributed by atoms with Gasteiger partial charge in [0.1, 0.15) is 0 Å². The summed E-state index contributed by atoms with van der Waals surface area (Å²) < 4.78 is 0. The lowest BCUT2D eigenvalue weighted by Gasteiger charge is -2.17. The van der Waals surface area contributed by atoms with Gasteiger partial charge in [-0.2, -0.15) is 11.8 Å². The first-order valence-electron chi connectivity index (χ1n) is 4.84. The van der Waals surface area contributed by atoms with E-state index in [1.165, 1.54) is 5.75 Å². The maximum Gasteiger partial charge on any atom is 0.00418 e. The highest BCUT2D eigenvalue weighted by Gasteiger charge is 2.09. The molecule has 0 heterocycles. The van der Waals surface area contributed by atoms with E-state index in [1.54, 1.807) is 0 Å². The number of nitrogens with one attached hydrogen (secondary N) is 1. The number of hydrogen-bond acceptors (Lipinski definition) is 2. The molecule has 0 saturated carbocycles. The predicted octanol–water partition coefficient (Wildman–Crippen LogP) is 2.62. The third-order valence-corrected chi connectivity index (χ3v) is 3.97. The highest BCUT2D eigenvalue weighted by Crippen LogP contribution is 2.20. The number of hydrogen-bond donors (Lipinski definition) is 1. The van der Waals surface area contributed by atoms with Gasteiger partial charge in [0.05, 0.1) is 0 Å². The monoisotopic (exact) mass is 189 g/mol. The third-order valence-electron chi connectivity index (χ3n) is 2.14. The summed E-state index contributed by atoms with van der Waals surface area (Å²) in [5.74, 6) is 2.87. The summed E-state index contributed by atoms with van der Waals surface area (Å²) in [5.41, 5.74) is 0. The molecule has 0 spiro atoms. The lowest BCUT2D eigenvalue weighted by molar-refractivity contribution is 0.596. The smallest absolute Gasteiger partial charge is 0.00418 e. The average molecular weight is 189 g/mol. The molecule has 0 aliphatic carbocycles. The molecule has 0 aromatic carbocycles. The summed E-state index contributed by atoms with van der Waals surface area (Å²) in [7, 11) is 2.02. The Morgan fingerprint density at radius 3 is 2.17 bits per heavy atom. The van der Waals surface area contributed by atoms with Gasteiger partial charge < -0.3 is 5.32 Å². The van der Waals surface area contributed by atoms with Crippen LogP contribution >= 0.6 is 11.8 Å². The molecule has 74 valence electrons. The molecule has 2 atom stereocenters. The van der Waals surface area contributed by atoms with E-state index in [4.69, 9.17) is 0 Å². The molecule has 0 aromatic rings. The van der Waals surface area contributed by atoms with E-state index in [2.05, 4.69) is 44.8 Å². The first-order chi connectivity index (χ1) is 5.57. The molecule has 0 radical (unpaired) electrons. The van der Waals surface area contributed by atoms with Crippen molar-refractivity contribution in [3.05, 3.63) is 0 Å². The van der Waals surface area contributed by atoms with Crippen molar-refractivity contribution in [3.8, 4) is 0 Å². The lowest BCUT2D eigenvalue weighted by atomic mass is 10.2. The largest absolute Gasteiger partial charge is 0.319 e. The zero-order chi connectivity index (χ0) is 9.56. The van der Waals surface area contributed by atoms with Crippen molar-refractivity contribution in [3.63, 3.8) is 0 Å². The maximum absolute atomic E-state index is 3.21. The predicted molar refractivity (Wildman–Crippen MR) is 59.8 cm³/mol. The summed E-state index contributed by atoms with van der Waals surface area (Å²) in [6.07, 6.45) is 0. The van der Waals surface area contributed by atoms with Crippen LogP contribution in [0.2, 0.25) is 0 Å². The Morgan fingerprint density at radius 1 is 1.17 bits per heavy atom. The van der Waals surface area contributed by atoms with E-state index >= 15 is 0 Å². The Bertz CT molecular complexity index is 104. The molecule has 1 nitrogen and oxygen atoms in total. The van der Waals surface area contributed by atoms with Gasteiger partial charge in [0, 0.05) is 5.25 Å². The molecule has 2 unspecified atom stereocenters. The van der Waals surface area contributed by atoms with Crippen LogP contribution < -0.4 is 5.32 Å². The second kappa shape index (κ2) is 6.79. The summed E-state index contributed by atoms with van der Waals surface area (Å²) in [6.45, 7) is 10.3. The minimum Gasteiger partial charge on any atom is -0.319 e. The minimum absolute atomic E-state index is 0.793. The SMILES string of the molecule is CNCC(C)CSC(C)C(C)C. The average Bonchev–Trinajstić information content (AvgIpc) is 2.00. The van der Waals surface area contributed by atoms with Crippen molar-refractivity contribution in [2.24, 2.45) is 11.8 Å². The Morgan fingerprint density at radius 2 is 1.75 bits per heavy atom. The molecule has 0 rings (SSSR count). The Labute approximate surface area is 81.7 Å². The van der Waals surface area contributed by atoms with Crippen molar-refractivity contribution in [1.82, 2.24) is 5.32 Å². The first kappa shape index (κ1) is 12.3. The van der Waals surface area contributed by atoms with Gasteiger partial charge in [0.2, 0.25) is 0 Å². The topological polar surface area (TPSA) is 12.0 Å². The Balaban J connectivity index is 3.40. The molecule has 2 heteroatoms. The van der Waals surface area contributed by atoms with Gasteiger partial charge in [-0.05, 0) is 31.2 Å². The van der Waals surface area contributed by atoms with E-state index in [0.717, 1.165) is 23.6 Å². The lowest BCUT2D eigenvalue weighted by Crippen LogP contribution is -2.19. The summed E-state index contributed by atoms with van der Waals surface area (Å²) >= 11 is 2.09. The van der Waals surface area contributed by atoms with Crippen molar-refractivity contribution in [1.29, 1.82) is 0 Å². The van der Waals surface area contributed by atoms with Crippen LogP contribution in [0.3, 0.4) is 0 Å². The van der Waals surface area contributed by atoms with Crippen LogP contribution in [0, 0.1) is 11.8 Å². The number of thioether (sulfide) groups is 1. The molecule has 12 heavy (non-hydrogen) atoms. The minimum atomic E-state index is 0.793. The fourth-order valence-corrected chi connectivity index (χ4v) is 2.05. The van der Waals surface area contributed by atoms with Crippen LogP contribution in [-0.2, 0) is 0 Å². The maximum atomic E-state index is 3.21. The van der Waals surface area contributed by atoms with E-state index in [0.29, 0.717) is 0 Å². The molecule has 0 saturated heterocycles. The van der Waals surface area contributed by atoms with Crippen LogP contribution in [0.4, 0.5) is 0 Å². The number of rotatable bonds is 6. The van der Waals surface area contributed by atoms with E-state index in [-0.39, 0.29) is 0 Å². The molecule has 0 aromatic heterocycles. The van der Waals surface area contributed by atoms with Crippen LogP contribution in [-0.4, -0.2) is 24.6 Å². The third kappa shape index (κ3) is 5.90. The molecule has 0 fully saturated rings. The van der Waals surface area contributed by atoms with E-state index < -0.39 is 0 Å². The molecule has 0 bridgehead atoms. The van der Waals surface area contributed by atoms with Crippen LogP contribution in [0.25, 0.3) is 0 Å². The summed E-state index contributed by atoms with van der Waals surface area (Å²) in [4.78, 5) is 0. The van der Waals surface area contributed by atoms with Crippen LogP contribution in [0.15, 0.2) is 0 Å². The van der Waals surface area contributed by atoms with Crippen molar-refractivity contribution in [2.75, 3.05) is 19.3 Å². The summed E-state index contributed by atoms with van der Waals surface area (Å²) in [5, 5.41) is 4.00. The zero-order valence-corrected chi connectivity index (χ0v) is 9.87. The summed E-state index contributed by atoms with van der Waals surface area (Å²) in [6, 6.07) is 0. The fraction of sp³-hybridized carbons (Fsp3) is 1.00. The zero-order valence-electron chi connectivity index (χ0n) is 9.05. The quantitative estimate of drug-likeness (QED) is 0.689. The van der Waals surface area contributed by atoms with Gasteiger partial charge >= 0.3 is 0 Å². The van der Waals surface area contributed by atoms with Gasteiger partial charge in [-0.25, -0.2) is 0 Å². The molecule has 1 N–H and O–H groups in total. The van der Waals surface area contributed by atoms with Gasteiger partial charge in [-0.3, -0.25) is 0 Å². The van der Waals surface area contributed by atoms with Crippen molar-refractivity contribution >= 4 is 11.8 Å². The normalized spacial score (nSPS) is 16.5. The standard InChI is InChI=1S/C10H23NS/c1-8(2)10(4)12-7-9(3)6-11-5/h8-11H,6-7H2,1-5H3. The van der Waals surface area contributed by atoms with Crippen LogP contribution in [0.1, 0.15) is 27.7 Å². The first-order valence-corrected chi connectivity index (χ1v) is 5.89. The second-order valence-electron chi connectivity index (χ2n) is 3.95. The van der Waals surface area contributed by atoms with E-state index in [1.807, 2.05) is 7.05 Å². The Kier molecular flexibility index (Phi) is 6.96. The van der Waals surface area contributed by atoms with Gasteiger partial charge in [0.15, 0.2) is 0 Å². The molecular weight excluding hydrogens is 166 g/mol. The van der Waals surface area contributed by atoms with Crippen molar-refractivity contribution in [2.45, 2.75) is 32.9 Å². The highest BCUT2D eigenvalue weighted by molar-refractivity contribution is 7.99. The van der Waals surface area contributed by atoms with Crippen LogP contribution in [0.5, 0.6) is 0 Å². The van der Waals surface area contributed by atoms with Gasteiger partial charge in [0.25, 0.3) is 0 Å². The highest BCUT2D eigenvalue weighted by atomic mass is 32.2. The Hall–Kier alpha value is 0.310. The second-order valence-corrected chi connectivity index (χ2v) is 5.36.